The predicted octanol–water partition coefficient (Wildman–Crippen LogP) is 14.3. The second-order valence-corrected chi connectivity index (χ2v) is 13.3. The number of fused-ring (bicyclic) bond motifs is 8. The Bertz CT molecular complexity index is 2850. The monoisotopic (exact) mass is 647 g/mol. The Hall–Kier alpha value is -6.70. The topological polar surface area (TPSA) is 3.24 Å². The molecule has 10 rings (SSSR count). The molecule has 0 saturated heterocycles. The molecule has 10 aromatic rings. The summed E-state index contributed by atoms with van der Waals surface area (Å²) in [6, 6.07) is 72.9. The van der Waals surface area contributed by atoms with Crippen molar-refractivity contribution in [3.8, 4) is 22.3 Å². The predicted molar refractivity (Wildman–Crippen MR) is 220 cm³/mol. The van der Waals surface area contributed by atoms with Crippen molar-refractivity contribution in [1.82, 2.24) is 0 Å². The lowest BCUT2D eigenvalue weighted by molar-refractivity contribution is 1.28. The Morgan fingerprint density at radius 3 is 1.39 bits per heavy atom. The van der Waals surface area contributed by atoms with Crippen LogP contribution in [0.2, 0.25) is 0 Å². The molecule has 1 heteroatoms. The van der Waals surface area contributed by atoms with Crippen LogP contribution in [-0.2, 0) is 0 Å². The van der Waals surface area contributed by atoms with Crippen molar-refractivity contribution in [2.45, 2.75) is 0 Å². The van der Waals surface area contributed by atoms with Gasteiger partial charge in [0.05, 0.1) is 0 Å². The van der Waals surface area contributed by atoms with Gasteiger partial charge in [-0.25, -0.2) is 0 Å². The molecule has 0 spiro atoms. The molecule has 0 aliphatic heterocycles. The van der Waals surface area contributed by atoms with Gasteiger partial charge in [-0.15, -0.1) is 0 Å². The molecule has 0 amide bonds. The van der Waals surface area contributed by atoms with Gasteiger partial charge in [0.25, 0.3) is 0 Å². The van der Waals surface area contributed by atoms with Gasteiger partial charge in [-0.1, -0.05) is 146 Å². The lowest BCUT2D eigenvalue weighted by Gasteiger charge is -2.25. The van der Waals surface area contributed by atoms with Crippen molar-refractivity contribution in [2.24, 2.45) is 0 Å². The smallest absolute Gasteiger partial charge is 0.0462 e. The Labute approximate surface area is 297 Å². The van der Waals surface area contributed by atoms with E-state index >= 15 is 0 Å². The molecule has 0 atom stereocenters. The van der Waals surface area contributed by atoms with E-state index < -0.39 is 0 Å². The molecule has 10 aromatic carbocycles. The van der Waals surface area contributed by atoms with Crippen LogP contribution in [0.25, 0.3) is 76.1 Å². The molecule has 0 unspecified atom stereocenters. The van der Waals surface area contributed by atoms with Gasteiger partial charge >= 0.3 is 0 Å². The maximum absolute atomic E-state index is 2.39. The molecular weight excluding hydrogens is 615 g/mol. The average molecular weight is 648 g/mol. The van der Waals surface area contributed by atoms with Crippen molar-refractivity contribution in [2.75, 3.05) is 4.90 Å². The first-order chi connectivity index (χ1) is 25.3. The summed E-state index contributed by atoms with van der Waals surface area (Å²) in [5.74, 6) is 0. The quantitative estimate of drug-likeness (QED) is 0.168. The highest BCUT2D eigenvalue weighted by Gasteiger charge is 2.15. The molecule has 0 radical (unpaired) electrons. The van der Waals surface area contributed by atoms with Crippen LogP contribution in [0.1, 0.15) is 0 Å². The Morgan fingerprint density at radius 1 is 0.255 bits per heavy atom. The van der Waals surface area contributed by atoms with Gasteiger partial charge in [-0.05, 0) is 131 Å². The summed E-state index contributed by atoms with van der Waals surface area (Å²) in [6.45, 7) is 0. The Morgan fingerprint density at radius 2 is 0.725 bits per heavy atom. The van der Waals surface area contributed by atoms with E-state index in [1.54, 1.807) is 0 Å². The minimum atomic E-state index is 1.13. The van der Waals surface area contributed by atoms with Crippen LogP contribution in [0.15, 0.2) is 200 Å². The Balaban J connectivity index is 1.06. The highest BCUT2D eigenvalue weighted by molar-refractivity contribution is 6.30. The minimum absolute atomic E-state index is 1.13. The molecule has 0 bridgehead atoms. The largest absolute Gasteiger partial charge is 0.311 e. The lowest BCUT2D eigenvalue weighted by atomic mass is 9.87. The zero-order valence-electron chi connectivity index (χ0n) is 28.0. The van der Waals surface area contributed by atoms with E-state index in [4.69, 9.17) is 0 Å². The van der Waals surface area contributed by atoms with Gasteiger partial charge in [-0.3, -0.25) is 0 Å². The fourth-order valence-electron chi connectivity index (χ4n) is 7.92. The molecule has 0 heterocycles. The van der Waals surface area contributed by atoms with E-state index in [0.29, 0.717) is 0 Å². The molecule has 0 fully saturated rings. The molecule has 51 heavy (non-hydrogen) atoms. The number of anilines is 3. The van der Waals surface area contributed by atoms with Crippen molar-refractivity contribution in [3.05, 3.63) is 200 Å². The fourth-order valence-corrected chi connectivity index (χ4v) is 7.92. The normalized spacial score (nSPS) is 11.5. The van der Waals surface area contributed by atoms with E-state index in [9.17, 15) is 0 Å². The van der Waals surface area contributed by atoms with E-state index in [-0.39, 0.29) is 0 Å². The van der Waals surface area contributed by atoms with Crippen LogP contribution in [0, 0.1) is 0 Å². The van der Waals surface area contributed by atoms with Crippen LogP contribution >= 0.6 is 0 Å². The van der Waals surface area contributed by atoms with Crippen LogP contribution in [0.3, 0.4) is 0 Å². The standard InChI is InChI=1S/C50H33N/c1-3-13-42(14-4-1)51(43-15-5-2-6-16-43)44-28-25-34(26-29-44)37-20-21-39-32-40(23-22-38(39)31-37)48-33-41-24-19-35-11-7-9-17-45(35)49(41)50-46-18-10-8-12-36(46)27-30-47(48)50/h1-33H. The van der Waals surface area contributed by atoms with Gasteiger partial charge in [0.1, 0.15) is 0 Å². The molecule has 0 saturated carbocycles. The van der Waals surface area contributed by atoms with Crippen molar-refractivity contribution in [3.63, 3.8) is 0 Å². The number of hydrogen-bond acceptors (Lipinski definition) is 1. The molecular formula is C50H33N. The summed E-state index contributed by atoms with van der Waals surface area (Å²) in [5, 5.41) is 12.8. The van der Waals surface area contributed by atoms with Gasteiger partial charge in [0, 0.05) is 17.1 Å². The highest BCUT2D eigenvalue weighted by Crippen LogP contribution is 2.42. The van der Waals surface area contributed by atoms with E-state index in [0.717, 1.165) is 17.1 Å². The minimum Gasteiger partial charge on any atom is -0.311 e. The fraction of sp³-hybridized carbons (Fsp3) is 0. The molecule has 0 aromatic heterocycles. The van der Waals surface area contributed by atoms with E-state index in [1.165, 1.54) is 76.1 Å². The summed E-state index contributed by atoms with van der Waals surface area (Å²) in [4.78, 5) is 2.30. The van der Waals surface area contributed by atoms with E-state index in [2.05, 4.69) is 205 Å². The number of hydrogen-bond donors (Lipinski definition) is 0. The highest BCUT2D eigenvalue weighted by atomic mass is 15.1. The first kappa shape index (κ1) is 29.2. The first-order valence-corrected chi connectivity index (χ1v) is 17.6. The van der Waals surface area contributed by atoms with Crippen molar-refractivity contribution >= 4 is 70.9 Å². The zero-order valence-corrected chi connectivity index (χ0v) is 28.0. The van der Waals surface area contributed by atoms with Crippen LogP contribution in [0.4, 0.5) is 17.1 Å². The van der Waals surface area contributed by atoms with Gasteiger partial charge in [-0.2, -0.15) is 0 Å². The molecule has 0 N–H and O–H groups in total. The summed E-state index contributed by atoms with van der Waals surface area (Å²) < 4.78 is 0. The van der Waals surface area contributed by atoms with Crippen molar-refractivity contribution < 1.29 is 0 Å². The van der Waals surface area contributed by atoms with Crippen molar-refractivity contribution in [1.29, 1.82) is 0 Å². The maximum Gasteiger partial charge on any atom is 0.0462 e. The summed E-state index contributed by atoms with van der Waals surface area (Å²) in [6.07, 6.45) is 0. The summed E-state index contributed by atoms with van der Waals surface area (Å²) in [5.41, 5.74) is 8.31. The number of benzene rings is 10. The second kappa shape index (κ2) is 12.0. The zero-order chi connectivity index (χ0) is 33.7. The third-order valence-corrected chi connectivity index (χ3v) is 10.4. The third kappa shape index (κ3) is 5.02. The first-order valence-electron chi connectivity index (χ1n) is 17.6. The number of rotatable bonds is 5. The average Bonchev–Trinajstić information content (AvgIpc) is 3.21. The Kier molecular flexibility index (Phi) is 6.89. The maximum atomic E-state index is 2.39. The molecule has 0 aliphatic carbocycles. The summed E-state index contributed by atoms with van der Waals surface area (Å²) in [7, 11) is 0. The SMILES string of the molecule is c1ccc(N(c2ccccc2)c2ccc(-c3ccc4cc(-c5cc6ccc7ccccc7c6c6c5ccc5ccccc56)ccc4c3)cc2)cc1. The van der Waals surface area contributed by atoms with Gasteiger partial charge in [0.15, 0.2) is 0 Å². The number of para-hydroxylation sites is 2. The second-order valence-electron chi connectivity index (χ2n) is 13.3. The molecule has 0 aliphatic rings. The number of nitrogens with zero attached hydrogens (tertiary/aromatic N) is 1. The molecule has 238 valence electrons. The van der Waals surface area contributed by atoms with Gasteiger partial charge < -0.3 is 4.90 Å². The van der Waals surface area contributed by atoms with Gasteiger partial charge in [0.2, 0.25) is 0 Å². The lowest BCUT2D eigenvalue weighted by Crippen LogP contribution is -2.09. The molecule has 1 nitrogen and oxygen atoms in total. The third-order valence-electron chi connectivity index (χ3n) is 10.4. The van der Waals surface area contributed by atoms with E-state index in [1.807, 2.05) is 0 Å². The summed E-state index contributed by atoms with van der Waals surface area (Å²) >= 11 is 0. The van der Waals surface area contributed by atoms with Crippen LogP contribution in [-0.4, -0.2) is 0 Å². The van der Waals surface area contributed by atoms with Crippen LogP contribution in [0.5, 0.6) is 0 Å². The van der Waals surface area contributed by atoms with Crippen LogP contribution < -0.4 is 4.90 Å².